The fourth-order valence-corrected chi connectivity index (χ4v) is 3.03. The number of hydrogen-bond donors (Lipinski definition) is 0. The zero-order chi connectivity index (χ0) is 14.9. The average Bonchev–Trinajstić information content (AvgIpc) is 3.00. The van der Waals surface area contributed by atoms with E-state index in [9.17, 15) is 9.59 Å². The molecule has 3 rings (SSSR count). The quantitative estimate of drug-likeness (QED) is 0.755. The Balaban J connectivity index is 1.81. The second-order valence-corrected chi connectivity index (χ2v) is 5.62. The molecular weight excluding hydrogens is 274 g/mol. The number of ether oxygens (including phenoxy) is 1. The van der Waals surface area contributed by atoms with E-state index in [0.717, 1.165) is 19.4 Å². The molecule has 1 atom stereocenters. The van der Waals surface area contributed by atoms with Crippen LogP contribution in [0.2, 0.25) is 0 Å². The van der Waals surface area contributed by atoms with Gasteiger partial charge < -0.3 is 19.0 Å². The number of rotatable bonds is 1. The maximum absolute atomic E-state index is 12.6. The van der Waals surface area contributed by atoms with Gasteiger partial charge in [-0.25, -0.2) is 4.98 Å². The summed E-state index contributed by atoms with van der Waals surface area (Å²) in [5.74, 6) is -0.0774. The average molecular weight is 293 g/mol. The van der Waals surface area contributed by atoms with Crippen LogP contribution < -0.4 is 0 Å². The minimum Gasteiger partial charge on any atom is -0.438 e. The molecule has 1 spiro atoms. The number of carbonyl (C=O) groups is 2. The van der Waals surface area contributed by atoms with E-state index in [-0.39, 0.29) is 24.1 Å². The molecule has 0 aliphatic carbocycles. The van der Waals surface area contributed by atoms with Crippen LogP contribution in [0.5, 0.6) is 0 Å². The van der Waals surface area contributed by atoms with Gasteiger partial charge in [0.25, 0.3) is 11.8 Å². The lowest BCUT2D eigenvalue weighted by Crippen LogP contribution is -2.60. The fraction of sp³-hybridized carbons (Fsp3) is 0.643. The number of nitrogens with zero attached hydrogens (tertiary/aromatic N) is 3. The molecule has 1 aromatic rings. The van der Waals surface area contributed by atoms with Gasteiger partial charge >= 0.3 is 0 Å². The van der Waals surface area contributed by atoms with Crippen LogP contribution in [-0.2, 0) is 9.53 Å². The third kappa shape index (κ3) is 2.53. The van der Waals surface area contributed by atoms with E-state index in [1.807, 2.05) is 0 Å². The molecule has 0 radical (unpaired) electrons. The summed E-state index contributed by atoms with van der Waals surface area (Å²) >= 11 is 0. The van der Waals surface area contributed by atoms with Crippen LogP contribution in [0.25, 0.3) is 0 Å². The van der Waals surface area contributed by atoms with E-state index in [0.29, 0.717) is 19.6 Å². The summed E-state index contributed by atoms with van der Waals surface area (Å²) in [6.45, 7) is 1.83. The Morgan fingerprint density at radius 2 is 2.24 bits per heavy atom. The topological polar surface area (TPSA) is 75.9 Å². The molecule has 0 bridgehead atoms. The predicted molar refractivity (Wildman–Crippen MR) is 72.6 cm³/mol. The number of aromatic nitrogens is 1. The lowest BCUT2D eigenvalue weighted by atomic mass is 9.94. The van der Waals surface area contributed by atoms with Crippen LogP contribution in [0.1, 0.15) is 29.8 Å². The molecule has 0 aromatic carbocycles. The Kier molecular flexibility index (Phi) is 3.67. The zero-order valence-corrected chi connectivity index (χ0v) is 12.1. The largest absolute Gasteiger partial charge is 0.438 e. The summed E-state index contributed by atoms with van der Waals surface area (Å²) in [6.07, 6.45) is 5.15. The molecule has 21 heavy (non-hydrogen) atoms. The van der Waals surface area contributed by atoms with E-state index < -0.39 is 5.60 Å². The molecule has 7 nitrogen and oxygen atoms in total. The van der Waals surface area contributed by atoms with Crippen molar-refractivity contribution in [3.63, 3.8) is 0 Å². The normalized spacial score (nSPS) is 27.0. The molecule has 0 saturated carbocycles. The molecule has 2 saturated heterocycles. The van der Waals surface area contributed by atoms with Crippen LogP contribution in [0.3, 0.4) is 0 Å². The fourth-order valence-electron chi connectivity index (χ4n) is 3.03. The molecule has 2 fully saturated rings. The second kappa shape index (κ2) is 5.48. The molecule has 1 aromatic heterocycles. The van der Waals surface area contributed by atoms with Gasteiger partial charge in [-0.2, -0.15) is 0 Å². The van der Waals surface area contributed by atoms with Gasteiger partial charge in [0, 0.05) is 20.1 Å². The highest BCUT2D eigenvalue weighted by Crippen LogP contribution is 2.29. The molecule has 2 amide bonds. The highest BCUT2D eigenvalue weighted by molar-refractivity contribution is 5.92. The van der Waals surface area contributed by atoms with Gasteiger partial charge in [-0.1, -0.05) is 0 Å². The number of likely N-dealkylation sites (tertiary alicyclic amines) is 1. The number of likely N-dealkylation sites (N-methyl/N-ethyl adjacent to an activating group) is 1. The number of amides is 2. The summed E-state index contributed by atoms with van der Waals surface area (Å²) in [7, 11) is 1.79. The molecule has 0 N–H and O–H groups in total. The van der Waals surface area contributed by atoms with Crippen molar-refractivity contribution in [2.45, 2.75) is 24.9 Å². The Morgan fingerprint density at radius 1 is 1.38 bits per heavy atom. The Bertz CT molecular complexity index is 530. The lowest BCUT2D eigenvalue weighted by molar-refractivity contribution is -0.166. The number of carbonyl (C=O) groups excluding carboxylic acids is 2. The number of morpholine rings is 1. The van der Waals surface area contributed by atoms with Crippen molar-refractivity contribution in [2.24, 2.45) is 0 Å². The highest BCUT2D eigenvalue weighted by atomic mass is 16.5. The third-order valence-electron chi connectivity index (χ3n) is 4.18. The molecule has 3 heterocycles. The zero-order valence-electron chi connectivity index (χ0n) is 12.1. The minimum atomic E-state index is -0.904. The summed E-state index contributed by atoms with van der Waals surface area (Å²) in [5, 5.41) is 0. The van der Waals surface area contributed by atoms with Crippen molar-refractivity contribution in [1.29, 1.82) is 0 Å². The van der Waals surface area contributed by atoms with Crippen molar-refractivity contribution in [1.82, 2.24) is 14.8 Å². The second-order valence-electron chi connectivity index (χ2n) is 5.62. The summed E-state index contributed by atoms with van der Waals surface area (Å²) < 4.78 is 10.9. The van der Waals surface area contributed by atoms with Gasteiger partial charge in [0.05, 0.1) is 19.3 Å². The van der Waals surface area contributed by atoms with E-state index in [4.69, 9.17) is 9.15 Å². The van der Waals surface area contributed by atoms with Crippen molar-refractivity contribution >= 4 is 11.8 Å². The first-order chi connectivity index (χ1) is 10.1. The molecule has 1 unspecified atom stereocenters. The first-order valence-electron chi connectivity index (χ1n) is 7.20. The molecular formula is C14H19N3O4. The van der Waals surface area contributed by atoms with Gasteiger partial charge in [-0.3, -0.25) is 9.59 Å². The van der Waals surface area contributed by atoms with Crippen molar-refractivity contribution < 1.29 is 18.7 Å². The monoisotopic (exact) mass is 293 g/mol. The maximum atomic E-state index is 12.6. The Hall–Kier alpha value is -1.89. The van der Waals surface area contributed by atoms with Gasteiger partial charge in [0.15, 0.2) is 12.0 Å². The smallest absolute Gasteiger partial charge is 0.291 e. The Labute approximate surface area is 122 Å². The van der Waals surface area contributed by atoms with Crippen molar-refractivity contribution in [3.05, 3.63) is 18.4 Å². The van der Waals surface area contributed by atoms with Crippen LogP contribution in [0, 0.1) is 0 Å². The SMILES string of the molecule is CN1CCCCC2(CN(C(=O)c3cnco3)CCO2)C1=O. The van der Waals surface area contributed by atoms with Crippen molar-refractivity contribution in [2.75, 3.05) is 33.3 Å². The number of hydrogen-bond acceptors (Lipinski definition) is 5. The third-order valence-corrected chi connectivity index (χ3v) is 4.18. The molecule has 114 valence electrons. The summed E-state index contributed by atoms with van der Waals surface area (Å²) in [6, 6.07) is 0. The van der Waals surface area contributed by atoms with E-state index in [2.05, 4.69) is 4.98 Å². The first-order valence-corrected chi connectivity index (χ1v) is 7.20. The first kappa shape index (κ1) is 14.1. The Morgan fingerprint density at radius 3 is 3.00 bits per heavy atom. The van der Waals surface area contributed by atoms with Crippen LogP contribution >= 0.6 is 0 Å². The maximum Gasteiger partial charge on any atom is 0.291 e. The predicted octanol–water partition coefficient (Wildman–Crippen LogP) is 0.528. The van der Waals surface area contributed by atoms with Crippen LogP contribution in [-0.4, -0.2) is 65.5 Å². The molecule has 2 aliphatic rings. The van der Waals surface area contributed by atoms with E-state index >= 15 is 0 Å². The number of oxazole rings is 1. The van der Waals surface area contributed by atoms with Gasteiger partial charge in [-0.15, -0.1) is 0 Å². The lowest BCUT2D eigenvalue weighted by Gasteiger charge is -2.41. The van der Waals surface area contributed by atoms with Crippen molar-refractivity contribution in [3.8, 4) is 0 Å². The minimum absolute atomic E-state index is 0.0323. The van der Waals surface area contributed by atoms with Crippen LogP contribution in [0.4, 0.5) is 0 Å². The highest BCUT2D eigenvalue weighted by Gasteiger charge is 2.47. The summed E-state index contributed by atoms with van der Waals surface area (Å²) in [4.78, 5) is 32.1. The standard InChI is InChI=1S/C14H19N3O4/c1-16-5-3-2-4-14(13(16)19)9-17(6-7-21-14)12(18)11-8-15-10-20-11/h8,10H,2-7,9H2,1H3. The van der Waals surface area contributed by atoms with Gasteiger partial charge in [0.1, 0.15) is 0 Å². The van der Waals surface area contributed by atoms with E-state index in [1.54, 1.807) is 16.8 Å². The van der Waals surface area contributed by atoms with Gasteiger partial charge in [-0.05, 0) is 19.3 Å². The van der Waals surface area contributed by atoms with E-state index in [1.165, 1.54) is 12.6 Å². The molecule has 2 aliphatic heterocycles. The summed E-state index contributed by atoms with van der Waals surface area (Å²) in [5.41, 5.74) is -0.904. The van der Waals surface area contributed by atoms with Crippen LogP contribution in [0.15, 0.2) is 17.0 Å². The van der Waals surface area contributed by atoms with Gasteiger partial charge in [0.2, 0.25) is 5.76 Å². The molecule has 7 heteroatoms.